The second kappa shape index (κ2) is 17.2. The molecule has 4 aromatic carbocycles. The van der Waals surface area contributed by atoms with Gasteiger partial charge in [0, 0.05) is 36.3 Å². The summed E-state index contributed by atoms with van der Waals surface area (Å²) in [6, 6.07) is 28.7. The summed E-state index contributed by atoms with van der Waals surface area (Å²) in [5, 5.41) is 3.03. The standard InChI is InChI=1S/C53H59F3N6O4Si/c1-51(2,3)66-50(63)62-35-22-23-36(62)31-60(30-35)48-41-29-57-46(40-20-13-15-34-21-24-42(54)44(55)43(34)40)45(56)47(41)58-49(59-48)64-33-53-26-14-28-61(53)37(25-27-53)32-65-67(52(4,5)6,38-16-9-7-10-17-38)39-18-11-8-12-19-39/h7-13,15-21,24,29,35-37H,14,22-23,25-28,30-33H2,1-6H3/t35-,36+,37-,53+/m0/s1. The van der Waals surface area contributed by atoms with Crippen LogP contribution in [-0.2, 0) is 9.16 Å². The monoisotopic (exact) mass is 928 g/mol. The maximum Gasteiger partial charge on any atom is 0.410 e. The second-order valence-corrected chi connectivity index (χ2v) is 25.2. The van der Waals surface area contributed by atoms with Gasteiger partial charge < -0.3 is 18.8 Å². The summed E-state index contributed by atoms with van der Waals surface area (Å²) >= 11 is 0. The van der Waals surface area contributed by atoms with Crippen LogP contribution in [0.1, 0.15) is 80.1 Å². The Bertz CT molecular complexity index is 2770. The Kier molecular flexibility index (Phi) is 11.6. The number of carbonyl (C=O) groups is 1. The van der Waals surface area contributed by atoms with Crippen LogP contribution in [-0.4, -0.2) is 101 Å². The van der Waals surface area contributed by atoms with E-state index in [2.05, 4.69) is 96.2 Å². The molecular weight excluding hydrogens is 870 g/mol. The van der Waals surface area contributed by atoms with Crippen molar-refractivity contribution in [3.05, 3.63) is 115 Å². The molecule has 2 bridgehead atoms. The highest BCUT2D eigenvalue weighted by molar-refractivity contribution is 6.99. The molecule has 4 aliphatic rings. The number of piperazine rings is 1. The molecule has 0 unspecified atom stereocenters. The van der Waals surface area contributed by atoms with Crippen molar-refractivity contribution in [3.8, 4) is 17.3 Å². The molecule has 0 aliphatic carbocycles. The van der Waals surface area contributed by atoms with Crippen molar-refractivity contribution < 1.29 is 31.9 Å². The SMILES string of the molecule is CC(C)(C)OC(=O)N1[C@@H]2CC[C@H]1CN(c1nc(OC[C@]34CCCN3[C@H](CO[Si](c3ccccc3)(c3ccccc3)C(C)(C)C)CC4)nc3c(F)c(-c4cccc5ccc(F)c(F)c45)ncc13)C2. The lowest BCUT2D eigenvalue weighted by atomic mass is 9.95. The Morgan fingerprint density at radius 3 is 2.15 bits per heavy atom. The van der Waals surface area contributed by atoms with Gasteiger partial charge in [-0.2, -0.15) is 9.97 Å². The van der Waals surface area contributed by atoms with Gasteiger partial charge in [0.1, 0.15) is 29.2 Å². The largest absolute Gasteiger partial charge is 0.461 e. The number of fused-ring (bicyclic) bond motifs is 5. The predicted octanol–water partition coefficient (Wildman–Crippen LogP) is 9.80. The zero-order chi connectivity index (χ0) is 46.9. The molecular formula is C53H59F3N6O4Si. The molecule has 10 rings (SSSR count). The zero-order valence-electron chi connectivity index (χ0n) is 39.2. The minimum absolute atomic E-state index is 0.0175. The third kappa shape index (κ3) is 8.01. The van der Waals surface area contributed by atoms with E-state index in [0.717, 1.165) is 51.1 Å². The number of amides is 1. The summed E-state index contributed by atoms with van der Waals surface area (Å²) in [7, 11) is -2.78. The number of aromatic nitrogens is 3. The lowest BCUT2D eigenvalue weighted by Gasteiger charge is -2.44. The van der Waals surface area contributed by atoms with E-state index in [-0.39, 0.29) is 63.0 Å². The van der Waals surface area contributed by atoms with Gasteiger partial charge in [-0.25, -0.2) is 18.0 Å². The Balaban J connectivity index is 0.980. The number of halogens is 3. The summed E-state index contributed by atoms with van der Waals surface area (Å²) < 4.78 is 67.5. The number of ether oxygens (including phenoxy) is 2. The topological polar surface area (TPSA) is 93.2 Å². The smallest absolute Gasteiger partial charge is 0.410 e. The van der Waals surface area contributed by atoms with Gasteiger partial charge in [0.15, 0.2) is 17.5 Å². The molecule has 6 heterocycles. The third-order valence-electron chi connectivity index (χ3n) is 14.6. The number of pyridine rings is 1. The molecule has 10 nitrogen and oxygen atoms in total. The van der Waals surface area contributed by atoms with E-state index in [1.165, 1.54) is 28.7 Å². The van der Waals surface area contributed by atoms with Crippen LogP contribution in [0.3, 0.4) is 0 Å². The number of rotatable bonds is 10. The molecule has 0 radical (unpaired) electrons. The normalized spacial score (nSPS) is 22.2. The molecule has 4 atom stereocenters. The molecule has 4 saturated heterocycles. The van der Waals surface area contributed by atoms with Crippen molar-refractivity contribution in [1.29, 1.82) is 0 Å². The average Bonchev–Trinajstić information content (AvgIpc) is 3.96. The molecule has 0 spiro atoms. The highest BCUT2D eigenvalue weighted by Gasteiger charge is 2.54. The van der Waals surface area contributed by atoms with E-state index in [1.807, 2.05) is 25.7 Å². The van der Waals surface area contributed by atoms with Gasteiger partial charge in [0.05, 0.1) is 29.6 Å². The minimum atomic E-state index is -2.78. The number of nitrogens with zero attached hydrogens (tertiary/aromatic N) is 6. The summed E-state index contributed by atoms with van der Waals surface area (Å²) in [5.74, 6) is -2.46. The molecule has 350 valence electrons. The molecule has 2 aromatic heterocycles. The van der Waals surface area contributed by atoms with Crippen LogP contribution in [0.2, 0.25) is 5.04 Å². The van der Waals surface area contributed by atoms with Crippen LogP contribution in [0.25, 0.3) is 32.9 Å². The van der Waals surface area contributed by atoms with E-state index >= 15 is 8.78 Å². The number of benzene rings is 4. The van der Waals surface area contributed by atoms with Gasteiger partial charge in [0.25, 0.3) is 8.32 Å². The molecule has 4 fully saturated rings. The highest BCUT2D eigenvalue weighted by atomic mass is 28.4. The summed E-state index contributed by atoms with van der Waals surface area (Å²) in [4.78, 5) is 34.3. The van der Waals surface area contributed by atoms with E-state index < -0.39 is 31.4 Å². The van der Waals surface area contributed by atoms with E-state index in [9.17, 15) is 9.18 Å². The first kappa shape index (κ1) is 45.2. The van der Waals surface area contributed by atoms with Crippen LogP contribution < -0.4 is 20.0 Å². The fraction of sp³-hybridized carbons (Fsp3) is 0.434. The fourth-order valence-electron chi connectivity index (χ4n) is 11.7. The Morgan fingerprint density at radius 1 is 0.806 bits per heavy atom. The van der Waals surface area contributed by atoms with Crippen molar-refractivity contribution in [2.75, 3.05) is 37.7 Å². The number of carbonyl (C=O) groups excluding carboxylic acids is 1. The maximum absolute atomic E-state index is 17.3. The Labute approximate surface area is 391 Å². The third-order valence-corrected chi connectivity index (χ3v) is 19.6. The first-order chi connectivity index (χ1) is 32.1. The first-order valence-electron chi connectivity index (χ1n) is 23.7. The van der Waals surface area contributed by atoms with Gasteiger partial charge >= 0.3 is 12.1 Å². The van der Waals surface area contributed by atoms with Crippen molar-refractivity contribution in [1.82, 2.24) is 24.8 Å². The molecule has 0 saturated carbocycles. The first-order valence-corrected chi connectivity index (χ1v) is 25.6. The molecule has 67 heavy (non-hydrogen) atoms. The zero-order valence-corrected chi connectivity index (χ0v) is 40.2. The predicted molar refractivity (Wildman–Crippen MR) is 258 cm³/mol. The number of anilines is 1. The molecule has 4 aliphatic heterocycles. The van der Waals surface area contributed by atoms with Crippen LogP contribution in [0.5, 0.6) is 6.01 Å². The van der Waals surface area contributed by atoms with Gasteiger partial charge in [-0.15, -0.1) is 0 Å². The van der Waals surface area contributed by atoms with Crippen LogP contribution in [0.4, 0.5) is 23.8 Å². The summed E-state index contributed by atoms with van der Waals surface area (Å²) in [6.07, 6.45) is 6.48. The summed E-state index contributed by atoms with van der Waals surface area (Å²) in [5.41, 5.74) is -1.04. The van der Waals surface area contributed by atoms with E-state index in [1.54, 1.807) is 12.1 Å². The maximum atomic E-state index is 17.3. The summed E-state index contributed by atoms with van der Waals surface area (Å²) in [6.45, 7) is 15.1. The van der Waals surface area contributed by atoms with Crippen molar-refractivity contribution in [3.63, 3.8) is 0 Å². The molecule has 0 N–H and O–H groups in total. The van der Waals surface area contributed by atoms with Crippen molar-refractivity contribution in [2.45, 2.75) is 114 Å². The minimum Gasteiger partial charge on any atom is -0.461 e. The van der Waals surface area contributed by atoms with Crippen LogP contribution in [0, 0.1) is 17.5 Å². The lowest BCUT2D eigenvalue weighted by Crippen LogP contribution is -2.67. The second-order valence-electron chi connectivity index (χ2n) is 20.9. The van der Waals surface area contributed by atoms with Crippen molar-refractivity contribution in [2.24, 2.45) is 0 Å². The number of hydrogen-bond acceptors (Lipinski definition) is 9. The Hall–Kier alpha value is -5.57. The fourth-order valence-corrected chi connectivity index (χ4v) is 16.3. The van der Waals surface area contributed by atoms with Gasteiger partial charge in [-0.05, 0) is 92.7 Å². The van der Waals surface area contributed by atoms with Gasteiger partial charge in [-0.1, -0.05) is 106 Å². The van der Waals surface area contributed by atoms with Crippen LogP contribution in [0.15, 0.2) is 97.2 Å². The van der Waals surface area contributed by atoms with Gasteiger partial charge in [0.2, 0.25) is 0 Å². The average molecular weight is 929 g/mol. The number of hydrogen-bond donors (Lipinski definition) is 0. The quantitative estimate of drug-likeness (QED) is 0.125. The Morgan fingerprint density at radius 2 is 1.49 bits per heavy atom. The van der Waals surface area contributed by atoms with Gasteiger partial charge in [-0.3, -0.25) is 14.8 Å². The van der Waals surface area contributed by atoms with Crippen molar-refractivity contribution >= 4 is 52.3 Å². The van der Waals surface area contributed by atoms with E-state index in [0.29, 0.717) is 42.9 Å². The molecule has 6 aromatic rings. The molecule has 1 amide bonds. The highest BCUT2D eigenvalue weighted by Crippen LogP contribution is 2.45. The lowest BCUT2D eigenvalue weighted by molar-refractivity contribution is 0.0122. The van der Waals surface area contributed by atoms with Crippen LogP contribution >= 0.6 is 0 Å². The van der Waals surface area contributed by atoms with E-state index in [4.69, 9.17) is 23.9 Å². The molecule has 14 heteroatoms.